The molecule has 1 N–H and O–H groups in total. The molecule has 0 aliphatic rings. The Morgan fingerprint density at radius 2 is 1.61 bits per heavy atom. The average Bonchev–Trinajstić information content (AvgIpc) is 2.39. The Morgan fingerprint density at radius 1 is 1.00 bits per heavy atom. The van der Waals surface area contributed by atoms with Crippen molar-refractivity contribution < 1.29 is 9.84 Å². The van der Waals surface area contributed by atoms with E-state index in [0.29, 0.717) is 0 Å². The van der Waals surface area contributed by atoms with Gasteiger partial charge in [0.15, 0.2) is 0 Å². The van der Waals surface area contributed by atoms with Gasteiger partial charge in [-0.05, 0) is 37.1 Å². The molecule has 0 heterocycles. The Kier molecular flexibility index (Phi) is 3.39. The third-order valence-corrected chi connectivity index (χ3v) is 3.21. The van der Waals surface area contributed by atoms with Crippen LogP contribution in [0.4, 0.5) is 0 Å². The summed E-state index contributed by atoms with van der Waals surface area (Å²) in [6, 6.07) is 15.4. The molecule has 2 aromatic carbocycles. The van der Waals surface area contributed by atoms with E-state index in [1.165, 1.54) is 0 Å². The molecule has 0 saturated carbocycles. The number of hydrogen-bond acceptors (Lipinski definition) is 2. The second kappa shape index (κ2) is 4.83. The van der Waals surface area contributed by atoms with E-state index >= 15 is 0 Å². The van der Waals surface area contributed by atoms with Gasteiger partial charge in [-0.3, -0.25) is 0 Å². The predicted molar refractivity (Wildman–Crippen MR) is 72.8 cm³/mol. The standard InChI is InChI=1S/C16H18O2/c1-12-6-4-7-13(10-12)16(2,17)14-8-5-9-15(11-14)18-3/h4-11,17H,1-3H3. The van der Waals surface area contributed by atoms with Gasteiger partial charge in [-0.2, -0.15) is 0 Å². The highest BCUT2D eigenvalue weighted by molar-refractivity contribution is 5.40. The molecule has 0 fully saturated rings. The van der Waals surface area contributed by atoms with E-state index in [4.69, 9.17) is 4.74 Å². The molecule has 0 bridgehead atoms. The zero-order valence-corrected chi connectivity index (χ0v) is 11.0. The van der Waals surface area contributed by atoms with Crippen LogP contribution in [0.15, 0.2) is 48.5 Å². The first-order valence-corrected chi connectivity index (χ1v) is 5.98. The zero-order valence-electron chi connectivity index (χ0n) is 11.0. The molecule has 2 rings (SSSR count). The van der Waals surface area contributed by atoms with Crippen LogP contribution in [0, 0.1) is 6.92 Å². The van der Waals surface area contributed by atoms with E-state index in [1.807, 2.05) is 55.5 Å². The molecule has 0 aromatic heterocycles. The molecule has 1 unspecified atom stereocenters. The molecular weight excluding hydrogens is 224 g/mol. The Bertz CT molecular complexity index is 544. The highest BCUT2D eigenvalue weighted by Crippen LogP contribution is 2.31. The van der Waals surface area contributed by atoms with Gasteiger partial charge in [-0.15, -0.1) is 0 Å². The number of rotatable bonds is 3. The molecule has 2 aromatic rings. The molecule has 0 aliphatic carbocycles. The van der Waals surface area contributed by atoms with Gasteiger partial charge >= 0.3 is 0 Å². The quantitative estimate of drug-likeness (QED) is 0.895. The molecule has 0 spiro atoms. The zero-order chi connectivity index (χ0) is 13.2. The largest absolute Gasteiger partial charge is 0.497 e. The molecule has 18 heavy (non-hydrogen) atoms. The van der Waals surface area contributed by atoms with Gasteiger partial charge in [0.25, 0.3) is 0 Å². The molecule has 0 aliphatic heterocycles. The van der Waals surface area contributed by atoms with Gasteiger partial charge in [-0.25, -0.2) is 0 Å². The van der Waals surface area contributed by atoms with Gasteiger partial charge in [0.2, 0.25) is 0 Å². The summed E-state index contributed by atoms with van der Waals surface area (Å²) in [6.07, 6.45) is 0. The fourth-order valence-electron chi connectivity index (χ4n) is 2.04. The van der Waals surface area contributed by atoms with Gasteiger partial charge in [-0.1, -0.05) is 42.0 Å². The molecule has 0 saturated heterocycles. The van der Waals surface area contributed by atoms with E-state index in [1.54, 1.807) is 14.0 Å². The maximum atomic E-state index is 10.7. The summed E-state index contributed by atoms with van der Waals surface area (Å²) in [7, 11) is 1.63. The van der Waals surface area contributed by atoms with E-state index in [0.717, 1.165) is 22.4 Å². The van der Waals surface area contributed by atoms with Crippen molar-refractivity contribution in [3.63, 3.8) is 0 Å². The Hall–Kier alpha value is -1.80. The van der Waals surface area contributed by atoms with Crippen molar-refractivity contribution >= 4 is 0 Å². The number of ether oxygens (including phenoxy) is 1. The Balaban J connectivity index is 2.46. The van der Waals surface area contributed by atoms with E-state index < -0.39 is 5.60 Å². The second-order valence-corrected chi connectivity index (χ2v) is 4.67. The smallest absolute Gasteiger partial charge is 0.119 e. The predicted octanol–water partition coefficient (Wildman–Crippen LogP) is 3.26. The van der Waals surface area contributed by atoms with Crippen LogP contribution in [0.1, 0.15) is 23.6 Å². The van der Waals surface area contributed by atoms with Gasteiger partial charge < -0.3 is 9.84 Å². The molecular formula is C16H18O2. The van der Waals surface area contributed by atoms with Crippen LogP contribution in [-0.4, -0.2) is 12.2 Å². The van der Waals surface area contributed by atoms with Crippen molar-refractivity contribution in [1.29, 1.82) is 0 Å². The molecule has 1 atom stereocenters. The van der Waals surface area contributed by atoms with Crippen LogP contribution in [0.5, 0.6) is 5.75 Å². The third-order valence-electron chi connectivity index (χ3n) is 3.21. The summed E-state index contributed by atoms with van der Waals surface area (Å²) in [4.78, 5) is 0. The summed E-state index contributed by atoms with van der Waals surface area (Å²) in [5, 5.41) is 10.7. The fraction of sp³-hybridized carbons (Fsp3) is 0.250. The first kappa shape index (κ1) is 12.7. The van der Waals surface area contributed by atoms with Gasteiger partial charge in [0.1, 0.15) is 11.4 Å². The minimum atomic E-state index is -1.01. The van der Waals surface area contributed by atoms with Crippen molar-refractivity contribution in [3.8, 4) is 5.75 Å². The van der Waals surface area contributed by atoms with Crippen LogP contribution in [0.25, 0.3) is 0 Å². The Labute approximate surface area is 108 Å². The van der Waals surface area contributed by atoms with Crippen molar-refractivity contribution in [2.24, 2.45) is 0 Å². The van der Waals surface area contributed by atoms with Gasteiger partial charge in [0, 0.05) is 0 Å². The van der Waals surface area contributed by atoms with Crippen molar-refractivity contribution in [1.82, 2.24) is 0 Å². The lowest BCUT2D eigenvalue weighted by atomic mass is 9.87. The van der Waals surface area contributed by atoms with Crippen molar-refractivity contribution in [2.75, 3.05) is 7.11 Å². The first-order valence-electron chi connectivity index (χ1n) is 5.98. The monoisotopic (exact) mass is 242 g/mol. The summed E-state index contributed by atoms with van der Waals surface area (Å²) in [6.45, 7) is 3.82. The van der Waals surface area contributed by atoms with Crippen LogP contribution in [0.3, 0.4) is 0 Å². The lowest BCUT2D eigenvalue weighted by molar-refractivity contribution is 0.102. The number of aliphatic hydroxyl groups is 1. The summed E-state index contributed by atoms with van der Waals surface area (Å²) in [5.74, 6) is 0.750. The van der Waals surface area contributed by atoms with Crippen LogP contribution >= 0.6 is 0 Å². The van der Waals surface area contributed by atoms with E-state index in [9.17, 15) is 5.11 Å². The number of aryl methyl sites for hydroxylation is 1. The highest BCUT2D eigenvalue weighted by Gasteiger charge is 2.25. The van der Waals surface area contributed by atoms with E-state index in [2.05, 4.69) is 0 Å². The normalized spacial score (nSPS) is 14.0. The molecule has 0 radical (unpaired) electrons. The minimum Gasteiger partial charge on any atom is -0.497 e. The molecule has 2 nitrogen and oxygen atoms in total. The van der Waals surface area contributed by atoms with Gasteiger partial charge in [0.05, 0.1) is 7.11 Å². The van der Waals surface area contributed by atoms with Crippen molar-refractivity contribution in [2.45, 2.75) is 19.4 Å². The van der Waals surface area contributed by atoms with Crippen LogP contribution in [0.2, 0.25) is 0 Å². The SMILES string of the molecule is COc1cccc(C(C)(O)c2cccc(C)c2)c1. The maximum absolute atomic E-state index is 10.7. The Morgan fingerprint density at radius 3 is 2.22 bits per heavy atom. The summed E-state index contributed by atoms with van der Waals surface area (Å²) < 4.78 is 5.20. The lowest BCUT2D eigenvalue weighted by Gasteiger charge is -2.25. The third kappa shape index (κ3) is 2.39. The molecule has 2 heteroatoms. The topological polar surface area (TPSA) is 29.5 Å². The molecule has 0 amide bonds. The highest BCUT2D eigenvalue weighted by atomic mass is 16.5. The number of methoxy groups -OCH3 is 1. The second-order valence-electron chi connectivity index (χ2n) is 4.67. The maximum Gasteiger partial charge on any atom is 0.119 e. The summed E-state index contributed by atoms with van der Waals surface area (Å²) >= 11 is 0. The average molecular weight is 242 g/mol. The van der Waals surface area contributed by atoms with Crippen LogP contribution in [-0.2, 0) is 5.60 Å². The number of benzene rings is 2. The fourth-order valence-corrected chi connectivity index (χ4v) is 2.04. The van der Waals surface area contributed by atoms with E-state index in [-0.39, 0.29) is 0 Å². The molecule has 94 valence electrons. The first-order chi connectivity index (χ1) is 8.54. The van der Waals surface area contributed by atoms with Crippen LogP contribution < -0.4 is 4.74 Å². The lowest BCUT2D eigenvalue weighted by Crippen LogP contribution is -2.22. The summed E-state index contributed by atoms with van der Waals surface area (Å²) in [5.41, 5.74) is 1.83. The number of hydrogen-bond donors (Lipinski definition) is 1. The minimum absolute atomic E-state index is 0.750. The van der Waals surface area contributed by atoms with Crippen molar-refractivity contribution in [3.05, 3.63) is 65.2 Å².